The van der Waals surface area contributed by atoms with Crippen LogP contribution in [0.5, 0.6) is 0 Å². The molecule has 0 radical (unpaired) electrons. The molecule has 4 heteroatoms. The molecule has 1 aliphatic heterocycles. The molecule has 1 saturated heterocycles. The van der Waals surface area contributed by atoms with E-state index in [1.165, 1.54) is 6.92 Å². The third-order valence-corrected chi connectivity index (χ3v) is 4.78. The highest BCUT2D eigenvalue weighted by Gasteiger charge is 2.45. The summed E-state index contributed by atoms with van der Waals surface area (Å²) in [4.78, 5) is 14.1. The summed E-state index contributed by atoms with van der Waals surface area (Å²) in [6, 6.07) is 9.91. The van der Waals surface area contributed by atoms with Gasteiger partial charge in [0.2, 0.25) is 5.91 Å². The third kappa shape index (κ3) is 4.55. The van der Waals surface area contributed by atoms with E-state index in [4.69, 9.17) is 0 Å². The van der Waals surface area contributed by atoms with Crippen molar-refractivity contribution in [3.05, 3.63) is 35.9 Å². The third-order valence-electron chi connectivity index (χ3n) is 4.78. The van der Waals surface area contributed by atoms with Crippen molar-refractivity contribution in [2.24, 2.45) is 5.92 Å². The first kappa shape index (κ1) is 18.0. The number of nitrogens with zero attached hydrogens (tertiary/aromatic N) is 1. The van der Waals surface area contributed by atoms with E-state index in [-0.39, 0.29) is 18.0 Å². The molecule has 2 rings (SSSR count). The van der Waals surface area contributed by atoms with Crippen LogP contribution in [0.3, 0.4) is 0 Å². The fraction of sp³-hybridized carbons (Fsp3) is 0.632. The molecule has 0 unspecified atom stereocenters. The van der Waals surface area contributed by atoms with Crippen LogP contribution in [0.2, 0.25) is 0 Å². The summed E-state index contributed by atoms with van der Waals surface area (Å²) in [6.07, 6.45) is 1.78. The molecule has 0 aromatic heterocycles. The highest BCUT2D eigenvalue weighted by molar-refractivity contribution is 5.73. The predicted octanol–water partition coefficient (Wildman–Crippen LogP) is 2.74. The standard InChI is InChI=1S/C19H30N2O2/c1-14(2)10-12-21-13-11-19(4,23)18(20-15(3)22)17(21)16-8-6-5-7-9-16/h5-9,14,17-18,23H,10-13H2,1-4H3,(H,20,22)/t17-,18-,19+/m0/s1. The van der Waals surface area contributed by atoms with Gasteiger partial charge in [0, 0.05) is 13.5 Å². The minimum absolute atomic E-state index is 0.00241. The zero-order valence-corrected chi connectivity index (χ0v) is 14.7. The van der Waals surface area contributed by atoms with Crippen LogP contribution in [-0.4, -0.2) is 40.6 Å². The van der Waals surface area contributed by atoms with Crippen molar-refractivity contribution >= 4 is 5.91 Å². The summed E-state index contributed by atoms with van der Waals surface area (Å²) in [5.74, 6) is 0.537. The largest absolute Gasteiger partial charge is 0.388 e. The molecule has 1 aromatic rings. The maximum atomic E-state index is 11.7. The van der Waals surface area contributed by atoms with Gasteiger partial charge in [-0.15, -0.1) is 0 Å². The fourth-order valence-corrected chi connectivity index (χ4v) is 3.40. The van der Waals surface area contributed by atoms with Crippen molar-refractivity contribution in [3.63, 3.8) is 0 Å². The van der Waals surface area contributed by atoms with Gasteiger partial charge in [0.25, 0.3) is 0 Å². The number of hydrogen-bond acceptors (Lipinski definition) is 3. The van der Waals surface area contributed by atoms with Crippen LogP contribution < -0.4 is 5.32 Å². The van der Waals surface area contributed by atoms with E-state index < -0.39 is 5.60 Å². The van der Waals surface area contributed by atoms with Crippen molar-refractivity contribution in [1.29, 1.82) is 0 Å². The molecule has 3 atom stereocenters. The Labute approximate surface area is 139 Å². The lowest BCUT2D eigenvalue weighted by Crippen LogP contribution is -2.62. The van der Waals surface area contributed by atoms with Crippen molar-refractivity contribution in [2.75, 3.05) is 13.1 Å². The van der Waals surface area contributed by atoms with Crippen LogP contribution in [0.4, 0.5) is 0 Å². The quantitative estimate of drug-likeness (QED) is 0.878. The summed E-state index contributed by atoms with van der Waals surface area (Å²) in [7, 11) is 0. The minimum Gasteiger partial charge on any atom is -0.388 e. The predicted molar refractivity (Wildman–Crippen MR) is 93.1 cm³/mol. The van der Waals surface area contributed by atoms with Crippen molar-refractivity contribution < 1.29 is 9.90 Å². The number of amides is 1. The van der Waals surface area contributed by atoms with E-state index >= 15 is 0 Å². The number of hydrogen-bond donors (Lipinski definition) is 2. The average Bonchev–Trinajstić information content (AvgIpc) is 2.48. The van der Waals surface area contributed by atoms with E-state index in [0.717, 1.165) is 25.1 Å². The van der Waals surface area contributed by atoms with Gasteiger partial charge in [0.05, 0.1) is 17.7 Å². The molecule has 1 amide bonds. The highest BCUT2D eigenvalue weighted by Crippen LogP contribution is 2.37. The summed E-state index contributed by atoms with van der Waals surface area (Å²) < 4.78 is 0. The second-order valence-electron chi connectivity index (χ2n) is 7.36. The molecular weight excluding hydrogens is 288 g/mol. The molecule has 0 saturated carbocycles. The molecule has 0 aliphatic carbocycles. The van der Waals surface area contributed by atoms with Gasteiger partial charge in [-0.25, -0.2) is 0 Å². The Morgan fingerprint density at radius 3 is 2.61 bits per heavy atom. The van der Waals surface area contributed by atoms with Crippen molar-refractivity contribution in [2.45, 2.75) is 58.2 Å². The molecule has 2 N–H and O–H groups in total. The van der Waals surface area contributed by atoms with E-state index in [1.807, 2.05) is 25.1 Å². The van der Waals surface area contributed by atoms with Crippen LogP contribution in [0.15, 0.2) is 30.3 Å². The molecule has 0 bridgehead atoms. The Morgan fingerprint density at radius 2 is 2.04 bits per heavy atom. The zero-order valence-electron chi connectivity index (χ0n) is 14.7. The second kappa shape index (κ2) is 7.45. The number of benzene rings is 1. The Kier molecular flexibility index (Phi) is 5.82. The van der Waals surface area contributed by atoms with Crippen molar-refractivity contribution in [3.8, 4) is 0 Å². The maximum Gasteiger partial charge on any atom is 0.217 e. The normalized spacial score (nSPS) is 28.8. The van der Waals surface area contributed by atoms with Gasteiger partial charge >= 0.3 is 0 Å². The molecule has 1 aromatic carbocycles. The Bertz CT molecular complexity index is 511. The number of carbonyl (C=O) groups is 1. The van der Waals surface area contributed by atoms with Crippen LogP contribution >= 0.6 is 0 Å². The maximum absolute atomic E-state index is 11.7. The van der Waals surface area contributed by atoms with Gasteiger partial charge in [-0.1, -0.05) is 44.2 Å². The summed E-state index contributed by atoms with van der Waals surface area (Å²) in [5.41, 5.74) is 0.246. The fourth-order valence-electron chi connectivity index (χ4n) is 3.40. The van der Waals surface area contributed by atoms with E-state index in [2.05, 4.69) is 36.2 Å². The second-order valence-corrected chi connectivity index (χ2v) is 7.36. The van der Waals surface area contributed by atoms with Gasteiger partial charge in [0.15, 0.2) is 0 Å². The Balaban J connectivity index is 2.34. The summed E-state index contributed by atoms with van der Waals surface area (Å²) in [5, 5.41) is 13.9. The van der Waals surface area contributed by atoms with E-state index in [0.29, 0.717) is 12.3 Å². The molecule has 1 heterocycles. The lowest BCUT2D eigenvalue weighted by Gasteiger charge is -2.49. The van der Waals surface area contributed by atoms with Crippen LogP contribution in [0.1, 0.15) is 52.1 Å². The van der Waals surface area contributed by atoms with Gasteiger partial charge in [0.1, 0.15) is 0 Å². The molecule has 128 valence electrons. The highest BCUT2D eigenvalue weighted by atomic mass is 16.3. The van der Waals surface area contributed by atoms with Gasteiger partial charge in [-0.2, -0.15) is 0 Å². The topological polar surface area (TPSA) is 52.6 Å². The van der Waals surface area contributed by atoms with Gasteiger partial charge in [-0.05, 0) is 37.8 Å². The number of piperidine rings is 1. The Hall–Kier alpha value is -1.39. The van der Waals surface area contributed by atoms with Crippen LogP contribution in [0.25, 0.3) is 0 Å². The number of carbonyl (C=O) groups excluding carboxylic acids is 1. The van der Waals surface area contributed by atoms with Crippen molar-refractivity contribution in [1.82, 2.24) is 10.2 Å². The van der Waals surface area contributed by atoms with E-state index in [9.17, 15) is 9.90 Å². The molecule has 4 nitrogen and oxygen atoms in total. The number of rotatable bonds is 5. The first-order valence-electron chi connectivity index (χ1n) is 8.59. The van der Waals surface area contributed by atoms with Gasteiger partial charge < -0.3 is 10.4 Å². The molecule has 1 fully saturated rings. The lowest BCUT2D eigenvalue weighted by atomic mass is 9.79. The minimum atomic E-state index is -0.902. The lowest BCUT2D eigenvalue weighted by molar-refractivity contribution is -0.126. The van der Waals surface area contributed by atoms with Gasteiger partial charge in [-0.3, -0.25) is 9.69 Å². The first-order valence-corrected chi connectivity index (χ1v) is 8.59. The average molecular weight is 318 g/mol. The molecule has 1 aliphatic rings. The molecule has 0 spiro atoms. The molecule has 23 heavy (non-hydrogen) atoms. The first-order chi connectivity index (χ1) is 10.8. The summed E-state index contributed by atoms with van der Waals surface area (Å²) in [6.45, 7) is 9.62. The summed E-state index contributed by atoms with van der Waals surface area (Å²) >= 11 is 0. The smallest absolute Gasteiger partial charge is 0.217 e. The molecular formula is C19H30N2O2. The Morgan fingerprint density at radius 1 is 1.39 bits per heavy atom. The zero-order chi connectivity index (χ0) is 17.0. The monoisotopic (exact) mass is 318 g/mol. The van der Waals surface area contributed by atoms with Crippen LogP contribution in [0, 0.1) is 5.92 Å². The number of likely N-dealkylation sites (tertiary alicyclic amines) is 1. The SMILES string of the molecule is CC(=O)N[C@H]1[C@H](c2ccccc2)N(CCC(C)C)CC[C@@]1(C)O. The van der Waals surface area contributed by atoms with Crippen LogP contribution in [-0.2, 0) is 4.79 Å². The number of nitrogens with one attached hydrogen (secondary N) is 1. The number of aliphatic hydroxyl groups is 1. The van der Waals surface area contributed by atoms with E-state index in [1.54, 1.807) is 0 Å².